The van der Waals surface area contributed by atoms with Crippen LogP contribution < -0.4 is 4.90 Å². The van der Waals surface area contributed by atoms with E-state index in [4.69, 9.17) is 9.97 Å². The molecule has 0 spiro atoms. The minimum Gasteiger partial charge on any atom is -0.356 e. The maximum Gasteiger partial charge on any atom is 0.163 e. The average Bonchev–Trinajstić information content (AvgIpc) is 3.05. The molecule has 1 aromatic carbocycles. The van der Waals surface area contributed by atoms with Crippen molar-refractivity contribution < 1.29 is 0 Å². The molecular formula is C20H23N3S. The number of aromatic nitrogens is 2. The number of anilines is 1. The third kappa shape index (κ3) is 2.91. The van der Waals surface area contributed by atoms with Crippen molar-refractivity contribution in [3.8, 4) is 11.4 Å². The molecule has 3 heterocycles. The van der Waals surface area contributed by atoms with Gasteiger partial charge in [-0.3, -0.25) is 0 Å². The summed E-state index contributed by atoms with van der Waals surface area (Å²) < 4.78 is 0. The molecule has 1 aliphatic rings. The average molecular weight is 337 g/mol. The molecule has 0 amide bonds. The number of fused-ring (bicyclic) bond motifs is 1. The van der Waals surface area contributed by atoms with Gasteiger partial charge < -0.3 is 4.90 Å². The Morgan fingerprint density at radius 2 is 1.88 bits per heavy atom. The first-order chi connectivity index (χ1) is 11.7. The van der Waals surface area contributed by atoms with Crippen LogP contribution >= 0.6 is 11.3 Å². The van der Waals surface area contributed by atoms with Crippen molar-refractivity contribution in [1.29, 1.82) is 0 Å². The molecule has 1 saturated heterocycles. The monoisotopic (exact) mass is 337 g/mol. The Morgan fingerprint density at radius 1 is 1.12 bits per heavy atom. The van der Waals surface area contributed by atoms with E-state index in [0.717, 1.165) is 47.5 Å². The molecule has 0 unspecified atom stereocenters. The van der Waals surface area contributed by atoms with E-state index in [1.165, 1.54) is 23.1 Å². The zero-order valence-corrected chi connectivity index (χ0v) is 15.1. The molecule has 3 nitrogen and oxygen atoms in total. The van der Waals surface area contributed by atoms with E-state index >= 15 is 0 Å². The summed E-state index contributed by atoms with van der Waals surface area (Å²) >= 11 is 1.81. The van der Waals surface area contributed by atoms with Crippen LogP contribution in [0.3, 0.4) is 0 Å². The number of thiophene rings is 1. The molecular weight excluding hydrogens is 314 g/mol. The van der Waals surface area contributed by atoms with Gasteiger partial charge in [0.05, 0.1) is 5.39 Å². The highest BCUT2D eigenvalue weighted by molar-refractivity contribution is 7.18. The van der Waals surface area contributed by atoms with Crippen LogP contribution in [0.2, 0.25) is 0 Å². The Bertz CT molecular complexity index is 833. The van der Waals surface area contributed by atoms with Gasteiger partial charge in [0.2, 0.25) is 0 Å². The summed E-state index contributed by atoms with van der Waals surface area (Å²) in [4.78, 5) is 14.8. The molecule has 1 aliphatic heterocycles. The van der Waals surface area contributed by atoms with Crippen LogP contribution in [0.5, 0.6) is 0 Å². The van der Waals surface area contributed by atoms with Crippen molar-refractivity contribution in [2.45, 2.75) is 33.1 Å². The topological polar surface area (TPSA) is 29.0 Å². The molecule has 4 rings (SSSR count). The maximum atomic E-state index is 4.99. The van der Waals surface area contributed by atoms with Crippen LogP contribution in [0.1, 0.15) is 31.6 Å². The predicted octanol–water partition coefficient (Wildman–Crippen LogP) is 5.16. The highest BCUT2D eigenvalue weighted by Gasteiger charge is 2.21. The first kappa shape index (κ1) is 15.6. The predicted molar refractivity (Wildman–Crippen MR) is 103 cm³/mol. The van der Waals surface area contributed by atoms with Crippen LogP contribution in [-0.2, 0) is 6.42 Å². The van der Waals surface area contributed by atoms with Crippen LogP contribution in [-0.4, -0.2) is 23.1 Å². The van der Waals surface area contributed by atoms with Crippen LogP contribution in [0, 0.1) is 5.92 Å². The van der Waals surface area contributed by atoms with E-state index in [1.807, 2.05) is 17.4 Å². The van der Waals surface area contributed by atoms with E-state index in [2.05, 4.69) is 49.1 Å². The number of aryl methyl sites for hydroxylation is 1. The number of rotatable bonds is 3. The molecule has 0 radical (unpaired) electrons. The van der Waals surface area contributed by atoms with E-state index in [0.29, 0.717) is 0 Å². The van der Waals surface area contributed by atoms with E-state index in [1.54, 1.807) is 0 Å². The fourth-order valence-electron chi connectivity index (χ4n) is 3.31. The van der Waals surface area contributed by atoms with Gasteiger partial charge >= 0.3 is 0 Å². The van der Waals surface area contributed by atoms with Crippen molar-refractivity contribution in [3.63, 3.8) is 0 Å². The minimum absolute atomic E-state index is 0.820. The lowest BCUT2D eigenvalue weighted by Gasteiger charge is -2.31. The summed E-state index contributed by atoms with van der Waals surface area (Å²) in [5.41, 5.74) is 1.09. The second-order valence-electron chi connectivity index (χ2n) is 6.69. The summed E-state index contributed by atoms with van der Waals surface area (Å²) in [5.74, 6) is 2.80. The zero-order valence-electron chi connectivity index (χ0n) is 14.3. The van der Waals surface area contributed by atoms with Crippen molar-refractivity contribution in [3.05, 3.63) is 41.3 Å². The Hall–Kier alpha value is -1.94. The molecule has 4 heteroatoms. The number of benzene rings is 1. The normalized spacial score (nSPS) is 16.0. The van der Waals surface area contributed by atoms with Crippen LogP contribution in [0.25, 0.3) is 21.6 Å². The van der Waals surface area contributed by atoms with Gasteiger partial charge in [0.1, 0.15) is 10.6 Å². The number of hydrogen-bond donors (Lipinski definition) is 0. The van der Waals surface area contributed by atoms with Gasteiger partial charge in [0, 0.05) is 23.5 Å². The Labute approximate surface area is 147 Å². The van der Waals surface area contributed by atoms with Crippen molar-refractivity contribution in [1.82, 2.24) is 9.97 Å². The van der Waals surface area contributed by atoms with Gasteiger partial charge in [-0.15, -0.1) is 11.3 Å². The number of hydrogen-bond acceptors (Lipinski definition) is 4. The molecule has 0 aliphatic carbocycles. The highest BCUT2D eigenvalue weighted by atomic mass is 32.1. The van der Waals surface area contributed by atoms with E-state index in [9.17, 15) is 0 Å². The molecule has 1 fully saturated rings. The van der Waals surface area contributed by atoms with Gasteiger partial charge in [0.15, 0.2) is 5.82 Å². The lowest BCUT2D eigenvalue weighted by Crippen LogP contribution is -2.33. The fourth-order valence-corrected chi connectivity index (χ4v) is 4.27. The molecule has 0 atom stereocenters. The summed E-state index contributed by atoms with van der Waals surface area (Å²) in [6.07, 6.45) is 3.55. The first-order valence-electron chi connectivity index (χ1n) is 8.85. The second-order valence-corrected chi connectivity index (χ2v) is 7.81. The Balaban J connectivity index is 1.84. The molecule has 124 valence electrons. The maximum absolute atomic E-state index is 4.99. The minimum atomic E-state index is 0.820. The van der Waals surface area contributed by atoms with Crippen molar-refractivity contribution in [2.24, 2.45) is 5.92 Å². The van der Waals surface area contributed by atoms with Gasteiger partial charge in [0.25, 0.3) is 0 Å². The molecule has 0 bridgehead atoms. The largest absolute Gasteiger partial charge is 0.356 e. The molecule has 24 heavy (non-hydrogen) atoms. The quantitative estimate of drug-likeness (QED) is 0.661. The van der Waals surface area contributed by atoms with Crippen LogP contribution in [0.4, 0.5) is 5.82 Å². The van der Waals surface area contributed by atoms with Gasteiger partial charge in [-0.2, -0.15) is 0 Å². The zero-order chi connectivity index (χ0) is 16.5. The Kier molecular flexibility index (Phi) is 4.23. The summed E-state index contributed by atoms with van der Waals surface area (Å²) in [6, 6.07) is 12.6. The first-order valence-corrected chi connectivity index (χ1v) is 9.67. The van der Waals surface area contributed by atoms with Crippen molar-refractivity contribution >= 4 is 27.4 Å². The standard InChI is InChI=1S/C20H23N3S/c1-3-16-13-17-19(23-11-9-14(2)10-12-23)21-18(22-20(17)24-16)15-7-5-4-6-8-15/h4-8,13-14H,3,9-12H2,1-2H3. The number of piperidine rings is 1. The summed E-state index contributed by atoms with van der Waals surface area (Å²) in [6.45, 7) is 6.75. The Morgan fingerprint density at radius 3 is 2.58 bits per heavy atom. The van der Waals surface area contributed by atoms with Gasteiger partial charge in [-0.1, -0.05) is 44.2 Å². The van der Waals surface area contributed by atoms with E-state index in [-0.39, 0.29) is 0 Å². The van der Waals surface area contributed by atoms with Crippen molar-refractivity contribution in [2.75, 3.05) is 18.0 Å². The molecule has 0 saturated carbocycles. The fraction of sp³-hybridized carbons (Fsp3) is 0.400. The summed E-state index contributed by atoms with van der Waals surface area (Å²) in [5, 5.41) is 1.23. The smallest absolute Gasteiger partial charge is 0.163 e. The third-order valence-corrected chi connectivity index (χ3v) is 6.06. The highest BCUT2D eigenvalue weighted by Crippen LogP contribution is 2.35. The third-order valence-electron chi connectivity index (χ3n) is 4.89. The number of nitrogens with zero attached hydrogens (tertiary/aromatic N) is 3. The summed E-state index contributed by atoms with van der Waals surface area (Å²) in [7, 11) is 0. The van der Waals surface area contributed by atoms with Gasteiger partial charge in [-0.25, -0.2) is 9.97 Å². The van der Waals surface area contributed by atoms with E-state index < -0.39 is 0 Å². The molecule has 3 aromatic rings. The second kappa shape index (κ2) is 6.52. The molecule has 0 N–H and O–H groups in total. The van der Waals surface area contributed by atoms with Crippen LogP contribution in [0.15, 0.2) is 36.4 Å². The lowest BCUT2D eigenvalue weighted by atomic mass is 9.99. The molecule has 2 aromatic heterocycles. The lowest BCUT2D eigenvalue weighted by molar-refractivity contribution is 0.437. The van der Waals surface area contributed by atoms with Gasteiger partial charge in [-0.05, 0) is 31.2 Å². The SMILES string of the molecule is CCc1cc2c(N3CCC(C)CC3)nc(-c3ccccc3)nc2s1.